The minimum Gasteiger partial charge on any atom is -0.354 e. The first kappa shape index (κ1) is 16.1. The molecule has 4 rings (SSSR count). The Labute approximate surface area is 147 Å². The highest BCUT2D eigenvalue weighted by Gasteiger charge is 2.28. The van der Waals surface area contributed by atoms with Crippen molar-refractivity contribution in [1.82, 2.24) is 25.1 Å². The molecule has 2 aromatic heterocycles. The third-order valence-corrected chi connectivity index (χ3v) is 5.26. The highest BCUT2D eigenvalue weighted by Crippen LogP contribution is 2.34. The molecule has 0 spiro atoms. The first-order valence-corrected chi connectivity index (χ1v) is 9.08. The topological polar surface area (TPSA) is 84.7 Å². The number of rotatable bonds is 3. The summed E-state index contributed by atoms with van der Waals surface area (Å²) < 4.78 is 1.77. The van der Waals surface area contributed by atoms with Gasteiger partial charge in [-0.3, -0.25) is 9.48 Å². The van der Waals surface area contributed by atoms with E-state index in [2.05, 4.69) is 20.7 Å². The zero-order valence-corrected chi connectivity index (χ0v) is 14.8. The number of fused-ring (bicyclic) bond motifs is 3. The van der Waals surface area contributed by atoms with Crippen molar-refractivity contribution in [2.75, 3.05) is 12.4 Å². The molecule has 132 valence electrons. The molecule has 2 aliphatic carbocycles. The van der Waals surface area contributed by atoms with Gasteiger partial charge in [-0.1, -0.05) is 19.3 Å². The van der Waals surface area contributed by atoms with E-state index in [4.69, 9.17) is 4.98 Å². The van der Waals surface area contributed by atoms with Gasteiger partial charge in [0.25, 0.3) is 5.91 Å². The van der Waals surface area contributed by atoms with Crippen LogP contribution in [0, 0.1) is 0 Å². The Hall–Kier alpha value is -2.44. The molecule has 0 aliphatic heterocycles. The molecule has 0 saturated heterocycles. The number of aromatic nitrogens is 4. The van der Waals surface area contributed by atoms with E-state index < -0.39 is 0 Å². The van der Waals surface area contributed by atoms with Crippen LogP contribution in [-0.4, -0.2) is 38.7 Å². The van der Waals surface area contributed by atoms with Crippen LogP contribution in [-0.2, 0) is 19.9 Å². The number of nitrogens with one attached hydrogen (secondary N) is 2. The highest BCUT2D eigenvalue weighted by atomic mass is 16.1. The second-order valence-electron chi connectivity index (χ2n) is 6.93. The zero-order chi connectivity index (χ0) is 17.4. The van der Waals surface area contributed by atoms with Crippen LogP contribution in [0.2, 0.25) is 0 Å². The Morgan fingerprint density at radius 1 is 1.24 bits per heavy atom. The van der Waals surface area contributed by atoms with Crippen molar-refractivity contribution >= 4 is 11.9 Å². The van der Waals surface area contributed by atoms with Crippen LogP contribution in [0.5, 0.6) is 0 Å². The minimum absolute atomic E-state index is 0.144. The maximum atomic E-state index is 12.1. The average Bonchev–Trinajstić information content (AvgIpc) is 2.99. The van der Waals surface area contributed by atoms with Gasteiger partial charge in [0.15, 0.2) is 5.69 Å². The molecule has 7 heteroatoms. The summed E-state index contributed by atoms with van der Waals surface area (Å²) in [5.74, 6) is 0.538. The van der Waals surface area contributed by atoms with Crippen LogP contribution >= 0.6 is 0 Å². The Morgan fingerprint density at radius 3 is 2.80 bits per heavy atom. The van der Waals surface area contributed by atoms with E-state index in [1.165, 1.54) is 32.1 Å². The second-order valence-corrected chi connectivity index (χ2v) is 6.93. The lowest BCUT2D eigenvalue weighted by Gasteiger charge is -2.24. The highest BCUT2D eigenvalue weighted by molar-refractivity contribution is 5.95. The normalized spacial score (nSPS) is 16.9. The number of carbonyl (C=O) groups is 1. The maximum Gasteiger partial charge on any atom is 0.271 e. The van der Waals surface area contributed by atoms with Crippen LogP contribution in [0.3, 0.4) is 0 Å². The third-order valence-electron chi connectivity index (χ3n) is 5.26. The molecule has 0 unspecified atom stereocenters. The van der Waals surface area contributed by atoms with E-state index >= 15 is 0 Å². The number of hydrogen-bond donors (Lipinski definition) is 2. The van der Waals surface area contributed by atoms with Gasteiger partial charge in [-0.2, -0.15) is 5.10 Å². The van der Waals surface area contributed by atoms with Crippen LogP contribution in [0.25, 0.3) is 11.4 Å². The van der Waals surface area contributed by atoms with Gasteiger partial charge in [0, 0.05) is 31.9 Å². The number of amides is 1. The largest absolute Gasteiger partial charge is 0.354 e. The van der Waals surface area contributed by atoms with E-state index in [1.807, 2.05) is 13.2 Å². The Morgan fingerprint density at radius 2 is 2.04 bits per heavy atom. The number of anilines is 1. The van der Waals surface area contributed by atoms with E-state index in [9.17, 15) is 4.79 Å². The molecule has 0 atom stereocenters. The fourth-order valence-corrected chi connectivity index (χ4v) is 3.96. The molecule has 7 nitrogen and oxygen atoms in total. The third kappa shape index (κ3) is 2.88. The van der Waals surface area contributed by atoms with Crippen LogP contribution in [0.1, 0.15) is 53.7 Å². The first-order valence-electron chi connectivity index (χ1n) is 9.08. The van der Waals surface area contributed by atoms with Gasteiger partial charge in [0.2, 0.25) is 5.95 Å². The van der Waals surface area contributed by atoms with Crippen molar-refractivity contribution in [3.8, 4) is 11.4 Å². The van der Waals surface area contributed by atoms with Crippen molar-refractivity contribution in [1.29, 1.82) is 0 Å². The SMILES string of the molecule is CNC(=O)c1nn(C)c2c1CCc1cnc(NC3CCCCC3)nc1-2. The molecule has 2 aliphatic rings. The maximum absolute atomic E-state index is 12.1. The number of carbonyl (C=O) groups excluding carboxylic acids is 1. The summed E-state index contributed by atoms with van der Waals surface area (Å²) in [4.78, 5) is 21.4. The fraction of sp³-hybridized carbons (Fsp3) is 0.556. The number of aryl methyl sites for hydroxylation is 2. The summed E-state index contributed by atoms with van der Waals surface area (Å²) in [5.41, 5.74) is 4.45. The van der Waals surface area contributed by atoms with Gasteiger partial charge in [-0.25, -0.2) is 9.97 Å². The van der Waals surface area contributed by atoms with E-state index in [1.54, 1.807) is 11.7 Å². The number of hydrogen-bond acceptors (Lipinski definition) is 5. The summed E-state index contributed by atoms with van der Waals surface area (Å²) in [7, 11) is 3.51. The van der Waals surface area contributed by atoms with Gasteiger partial charge in [-0.05, 0) is 31.2 Å². The zero-order valence-electron chi connectivity index (χ0n) is 14.8. The molecule has 1 amide bonds. The quantitative estimate of drug-likeness (QED) is 0.893. The Kier molecular flexibility index (Phi) is 4.15. The summed E-state index contributed by atoms with van der Waals surface area (Å²) >= 11 is 0. The summed E-state index contributed by atoms with van der Waals surface area (Å²) in [6.07, 6.45) is 9.76. The van der Waals surface area contributed by atoms with Gasteiger partial charge in [-0.15, -0.1) is 0 Å². The molecular weight excluding hydrogens is 316 g/mol. The molecule has 2 heterocycles. The smallest absolute Gasteiger partial charge is 0.271 e. The van der Waals surface area contributed by atoms with Gasteiger partial charge < -0.3 is 10.6 Å². The molecule has 1 saturated carbocycles. The Balaban J connectivity index is 1.70. The lowest BCUT2D eigenvalue weighted by atomic mass is 9.93. The second kappa shape index (κ2) is 6.46. The van der Waals surface area contributed by atoms with Crippen molar-refractivity contribution in [3.63, 3.8) is 0 Å². The first-order chi connectivity index (χ1) is 12.2. The molecule has 2 N–H and O–H groups in total. The molecular formula is C18H24N6O. The average molecular weight is 340 g/mol. The van der Waals surface area contributed by atoms with Crippen molar-refractivity contribution in [2.45, 2.75) is 51.0 Å². The summed E-state index contributed by atoms with van der Waals surface area (Å²) in [6.45, 7) is 0. The van der Waals surface area contributed by atoms with Gasteiger partial charge in [0.1, 0.15) is 0 Å². The van der Waals surface area contributed by atoms with Gasteiger partial charge in [0.05, 0.1) is 11.4 Å². The summed E-state index contributed by atoms with van der Waals surface area (Å²) in [6, 6.07) is 0.461. The summed E-state index contributed by atoms with van der Waals surface area (Å²) in [5, 5.41) is 10.6. The fourth-order valence-electron chi connectivity index (χ4n) is 3.96. The molecule has 0 aromatic carbocycles. The lowest BCUT2D eigenvalue weighted by molar-refractivity contribution is 0.0956. The molecule has 2 aromatic rings. The van der Waals surface area contributed by atoms with Crippen LogP contribution in [0.15, 0.2) is 6.20 Å². The lowest BCUT2D eigenvalue weighted by Crippen LogP contribution is -2.24. The van der Waals surface area contributed by atoms with Crippen molar-refractivity contribution < 1.29 is 4.79 Å². The molecule has 1 fully saturated rings. The van der Waals surface area contributed by atoms with Crippen LogP contribution in [0.4, 0.5) is 5.95 Å². The Bertz CT molecular complexity index is 806. The molecule has 0 radical (unpaired) electrons. The predicted molar refractivity (Wildman–Crippen MR) is 95.5 cm³/mol. The van der Waals surface area contributed by atoms with E-state index in [-0.39, 0.29) is 5.91 Å². The molecule has 25 heavy (non-hydrogen) atoms. The van der Waals surface area contributed by atoms with Gasteiger partial charge >= 0.3 is 0 Å². The molecule has 0 bridgehead atoms. The van der Waals surface area contributed by atoms with Crippen LogP contribution < -0.4 is 10.6 Å². The van der Waals surface area contributed by atoms with E-state index in [0.29, 0.717) is 17.7 Å². The number of nitrogens with zero attached hydrogens (tertiary/aromatic N) is 4. The van der Waals surface area contributed by atoms with Crippen molar-refractivity contribution in [2.24, 2.45) is 7.05 Å². The van der Waals surface area contributed by atoms with Crippen molar-refractivity contribution in [3.05, 3.63) is 23.0 Å². The minimum atomic E-state index is -0.144. The predicted octanol–water partition coefficient (Wildman–Crippen LogP) is 2.08. The standard InChI is InChI=1S/C18H24N6O/c1-19-17(25)15-13-9-8-11-10-20-18(21-12-6-4-3-5-7-12)22-14(11)16(13)24(2)23-15/h10,12H,3-9H2,1-2H3,(H,19,25)(H,20,21,22). The van der Waals surface area contributed by atoms with E-state index in [0.717, 1.165) is 35.4 Å². The monoisotopic (exact) mass is 340 g/mol.